The van der Waals surface area contributed by atoms with E-state index in [9.17, 15) is 14.3 Å². The number of halogens is 1. The summed E-state index contributed by atoms with van der Waals surface area (Å²) in [6, 6.07) is 9.24. The standard InChI is InChI=1S/C17H10FNO2/c1-2-10-4-3-5-12(17(20)21)16(10)13-9-15-11(6-7-19-15)8-14(13)18/h1,3-9,19H,(H,20,21). The van der Waals surface area contributed by atoms with Gasteiger partial charge in [0.15, 0.2) is 0 Å². The number of carbonyl (C=O) groups is 1. The Kier molecular flexibility index (Phi) is 2.96. The van der Waals surface area contributed by atoms with Crippen molar-refractivity contribution in [2.75, 3.05) is 0 Å². The van der Waals surface area contributed by atoms with Crippen molar-refractivity contribution in [2.45, 2.75) is 0 Å². The van der Waals surface area contributed by atoms with Gasteiger partial charge in [-0.1, -0.05) is 12.0 Å². The summed E-state index contributed by atoms with van der Waals surface area (Å²) in [4.78, 5) is 14.4. The number of rotatable bonds is 2. The SMILES string of the molecule is C#Cc1cccc(C(=O)O)c1-c1cc2[nH]ccc2cc1F. The number of aromatic amines is 1. The number of carboxylic acids is 1. The van der Waals surface area contributed by atoms with Gasteiger partial charge in [0.2, 0.25) is 0 Å². The monoisotopic (exact) mass is 279 g/mol. The van der Waals surface area contributed by atoms with E-state index in [1.165, 1.54) is 12.1 Å². The normalized spacial score (nSPS) is 10.5. The van der Waals surface area contributed by atoms with Crippen LogP contribution in [0.5, 0.6) is 0 Å². The molecule has 2 N–H and O–H groups in total. The minimum Gasteiger partial charge on any atom is -0.478 e. The quantitative estimate of drug-likeness (QED) is 0.703. The Morgan fingerprint density at radius 3 is 2.81 bits per heavy atom. The molecule has 0 bridgehead atoms. The first kappa shape index (κ1) is 12.9. The molecule has 1 aromatic heterocycles. The maximum atomic E-state index is 14.4. The Hall–Kier alpha value is -3.06. The highest BCUT2D eigenvalue weighted by molar-refractivity contribution is 5.99. The van der Waals surface area contributed by atoms with Gasteiger partial charge in [-0.2, -0.15) is 0 Å². The molecule has 1 heterocycles. The first-order chi connectivity index (χ1) is 10.1. The number of hydrogen-bond donors (Lipinski definition) is 2. The zero-order chi connectivity index (χ0) is 15.0. The van der Waals surface area contributed by atoms with Crippen LogP contribution >= 0.6 is 0 Å². The van der Waals surface area contributed by atoms with Crippen LogP contribution in [0, 0.1) is 18.2 Å². The van der Waals surface area contributed by atoms with Crippen molar-refractivity contribution < 1.29 is 14.3 Å². The van der Waals surface area contributed by atoms with E-state index in [4.69, 9.17) is 6.42 Å². The van der Waals surface area contributed by atoms with Crippen LogP contribution in [0.4, 0.5) is 4.39 Å². The van der Waals surface area contributed by atoms with Gasteiger partial charge in [0, 0.05) is 33.8 Å². The van der Waals surface area contributed by atoms with E-state index < -0.39 is 11.8 Å². The zero-order valence-corrected chi connectivity index (χ0v) is 10.9. The van der Waals surface area contributed by atoms with Crippen LogP contribution in [0.15, 0.2) is 42.6 Å². The zero-order valence-electron chi connectivity index (χ0n) is 10.9. The summed E-state index contributed by atoms with van der Waals surface area (Å²) in [6.07, 6.45) is 7.12. The lowest BCUT2D eigenvalue weighted by atomic mass is 9.93. The van der Waals surface area contributed by atoms with Crippen molar-refractivity contribution in [1.82, 2.24) is 4.98 Å². The van der Waals surface area contributed by atoms with Crippen LogP contribution in [0.1, 0.15) is 15.9 Å². The van der Waals surface area contributed by atoms with Crippen LogP contribution < -0.4 is 0 Å². The molecule has 0 aliphatic carbocycles. The van der Waals surface area contributed by atoms with Crippen molar-refractivity contribution in [3.05, 3.63) is 59.5 Å². The number of terminal acetylenes is 1. The molecule has 0 saturated heterocycles. The van der Waals surface area contributed by atoms with Gasteiger partial charge in [-0.05, 0) is 30.3 Å². The molecule has 4 heteroatoms. The fourth-order valence-electron chi connectivity index (χ4n) is 2.41. The largest absolute Gasteiger partial charge is 0.478 e. The molecule has 2 aromatic carbocycles. The predicted octanol–water partition coefficient (Wildman–Crippen LogP) is 3.65. The lowest BCUT2D eigenvalue weighted by molar-refractivity contribution is 0.0697. The van der Waals surface area contributed by atoms with Gasteiger partial charge < -0.3 is 10.1 Å². The molecule has 0 saturated carbocycles. The van der Waals surface area contributed by atoms with E-state index >= 15 is 0 Å². The van der Waals surface area contributed by atoms with Crippen LogP contribution in [-0.2, 0) is 0 Å². The maximum absolute atomic E-state index is 14.4. The van der Waals surface area contributed by atoms with Gasteiger partial charge >= 0.3 is 5.97 Å². The summed E-state index contributed by atoms with van der Waals surface area (Å²) >= 11 is 0. The minimum absolute atomic E-state index is 0.0183. The predicted molar refractivity (Wildman–Crippen MR) is 78.6 cm³/mol. The molecule has 3 rings (SSSR count). The highest BCUT2D eigenvalue weighted by Gasteiger charge is 2.18. The first-order valence-corrected chi connectivity index (χ1v) is 6.21. The van der Waals surface area contributed by atoms with E-state index in [2.05, 4.69) is 10.9 Å². The Balaban J connectivity index is 2.39. The van der Waals surface area contributed by atoms with E-state index in [1.807, 2.05) is 0 Å². The molecule has 0 amide bonds. The van der Waals surface area contributed by atoms with Gasteiger partial charge in [-0.25, -0.2) is 9.18 Å². The molecule has 0 radical (unpaired) electrons. The second-order valence-electron chi connectivity index (χ2n) is 4.57. The minimum atomic E-state index is -1.15. The molecule has 0 atom stereocenters. The van der Waals surface area contributed by atoms with Gasteiger partial charge in [-0.15, -0.1) is 6.42 Å². The highest BCUT2D eigenvalue weighted by atomic mass is 19.1. The lowest BCUT2D eigenvalue weighted by Crippen LogP contribution is -2.02. The second-order valence-corrected chi connectivity index (χ2v) is 4.57. The molecular formula is C17H10FNO2. The number of fused-ring (bicyclic) bond motifs is 1. The molecule has 0 fully saturated rings. The van der Waals surface area contributed by atoms with Crippen molar-refractivity contribution in [1.29, 1.82) is 0 Å². The average molecular weight is 279 g/mol. The number of carboxylic acid groups (broad SMARTS) is 1. The third-order valence-electron chi connectivity index (χ3n) is 3.36. The van der Waals surface area contributed by atoms with E-state index in [1.54, 1.807) is 30.5 Å². The van der Waals surface area contributed by atoms with Gasteiger partial charge in [0.25, 0.3) is 0 Å². The fraction of sp³-hybridized carbons (Fsp3) is 0. The average Bonchev–Trinajstić information content (AvgIpc) is 2.92. The lowest BCUT2D eigenvalue weighted by Gasteiger charge is -2.10. The summed E-state index contributed by atoms with van der Waals surface area (Å²) < 4.78 is 14.4. The molecule has 21 heavy (non-hydrogen) atoms. The number of nitrogens with one attached hydrogen (secondary N) is 1. The van der Waals surface area contributed by atoms with Gasteiger partial charge in [0.1, 0.15) is 5.82 Å². The van der Waals surface area contributed by atoms with Crippen molar-refractivity contribution in [2.24, 2.45) is 0 Å². The Morgan fingerprint density at radius 2 is 2.10 bits per heavy atom. The Labute approximate surface area is 120 Å². The topological polar surface area (TPSA) is 53.1 Å². The van der Waals surface area contributed by atoms with E-state index in [0.717, 1.165) is 5.52 Å². The fourth-order valence-corrected chi connectivity index (χ4v) is 2.41. The molecule has 102 valence electrons. The molecule has 0 aliphatic heterocycles. The van der Waals surface area contributed by atoms with Crippen molar-refractivity contribution in [3.63, 3.8) is 0 Å². The van der Waals surface area contributed by atoms with Crippen LogP contribution in [0.25, 0.3) is 22.0 Å². The van der Waals surface area contributed by atoms with E-state index in [-0.39, 0.29) is 16.7 Å². The maximum Gasteiger partial charge on any atom is 0.336 e. The number of hydrogen-bond acceptors (Lipinski definition) is 1. The van der Waals surface area contributed by atoms with Crippen molar-refractivity contribution >= 4 is 16.9 Å². The summed E-state index contributed by atoms with van der Waals surface area (Å²) in [5, 5.41) is 10.0. The summed E-state index contributed by atoms with van der Waals surface area (Å²) in [7, 11) is 0. The molecule has 0 spiro atoms. The van der Waals surface area contributed by atoms with Crippen molar-refractivity contribution in [3.8, 4) is 23.5 Å². The summed E-state index contributed by atoms with van der Waals surface area (Å²) in [5.41, 5.74) is 1.45. The third-order valence-corrected chi connectivity index (χ3v) is 3.36. The molecular weight excluding hydrogens is 269 g/mol. The van der Waals surface area contributed by atoms with Crippen LogP contribution in [0.2, 0.25) is 0 Å². The number of benzene rings is 2. The third kappa shape index (κ3) is 2.05. The van der Waals surface area contributed by atoms with Crippen LogP contribution in [-0.4, -0.2) is 16.1 Å². The highest BCUT2D eigenvalue weighted by Crippen LogP contribution is 2.32. The second kappa shape index (κ2) is 4.80. The number of H-pyrrole nitrogens is 1. The van der Waals surface area contributed by atoms with Gasteiger partial charge in [0.05, 0.1) is 5.56 Å². The van der Waals surface area contributed by atoms with Crippen LogP contribution in [0.3, 0.4) is 0 Å². The van der Waals surface area contributed by atoms with E-state index in [0.29, 0.717) is 10.9 Å². The number of aromatic carboxylic acids is 1. The smallest absolute Gasteiger partial charge is 0.336 e. The molecule has 3 aromatic rings. The molecule has 0 aliphatic rings. The number of aromatic nitrogens is 1. The molecule has 3 nitrogen and oxygen atoms in total. The Morgan fingerprint density at radius 1 is 1.29 bits per heavy atom. The first-order valence-electron chi connectivity index (χ1n) is 6.21. The van der Waals surface area contributed by atoms with Gasteiger partial charge in [-0.3, -0.25) is 0 Å². The molecule has 0 unspecified atom stereocenters. The Bertz CT molecular complexity index is 903. The summed E-state index contributed by atoms with van der Waals surface area (Å²) in [6.45, 7) is 0. The summed E-state index contributed by atoms with van der Waals surface area (Å²) in [5.74, 6) is 0.766.